The summed E-state index contributed by atoms with van der Waals surface area (Å²) in [6, 6.07) is 0. The van der Waals surface area contributed by atoms with Crippen molar-refractivity contribution in [3.8, 4) is 0 Å². The number of hydroxylamine groups is 2. The third-order valence-corrected chi connectivity index (χ3v) is 0.761. The second-order valence-corrected chi connectivity index (χ2v) is 1.98. The average Bonchev–Trinajstić information content (AvgIpc) is 1.95. The largest absolute Gasteiger partial charge is 0.371 e. The molecule has 0 rings (SSSR count). The van der Waals surface area contributed by atoms with Gasteiger partial charge in [-0.3, -0.25) is 9.59 Å². The Bertz CT molecular complexity index is 142. The van der Waals surface area contributed by atoms with Crippen molar-refractivity contribution in [3.63, 3.8) is 0 Å². The van der Waals surface area contributed by atoms with Crippen molar-refractivity contribution in [1.29, 1.82) is 0 Å². The summed E-state index contributed by atoms with van der Waals surface area (Å²) in [6.07, 6.45) is 0. The van der Waals surface area contributed by atoms with Crippen molar-refractivity contribution in [2.75, 3.05) is 13.1 Å². The molecule has 70 valence electrons. The van der Waals surface area contributed by atoms with Crippen LogP contribution in [0.25, 0.3) is 0 Å². The molecule has 2 N–H and O–H groups in total. The van der Waals surface area contributed by atoms with Crippen molar-refractivity contribution in [2.45, 2.75) is 13.8 Å². The molecule has 0 atom stereocenters. The lowest BCUT2D eigenvalue weighted by molar-refractivity contribution is -0.151. The van der Waals surface area contributed by atoms with Crippen LogP contribution in [-0.4, -0.2) is 25.0 Å². The molecule has 0 aromatic rings. The van der Waals surface area contributed by atoms with Gasteiger partial charge in [0.2, 0.25) is 0 Å². The van der Waals surface area contributed by atoms with Crippen LogP contribution in [0.3, 0.4) is 0 Å². The molecular formula is C6H12N2O4. The number of hydrogen-bond donors (Lipinski definition) is 2. The molecule has 0 bridgehead atoms. The minimum Gasteiger partial charge on any atom is -0.371 e. The highest BCUT2D eigenvalue weighted by Gasteiger charge is 1.92. The second kappa shape index (κ2) is 6.56. The van der Waals surface area contributed by atoms with Crippen molar-refractivity contribution in [2.24, 2.45) is 0 Å². The maximum absolute atomic E-state index is 10.2. The van der Waals surface area contributed by atoms with Crippen molar-refractivity contribution < 1.29 is 19.3 Å². The van der Waals surface area contributed by atoms with Crippen molar-refractivity contribution in [1.82, 2.24) is 11.0 Å². The molecule has 0 saturated carbocycles. The Labute approximate surface area is 70.1 Å². The number of rotatable bonds is 5. The summed E-state index contributed by atoms with van der Waals surface area (Å²) >= 11 is 0. The molecule has 0 saturated heterocycles. The normalized spacial score (nSPS) is 9.17. The Morgan fingerprint density at radius 3 is 1.58 bits per heavy atom. The third kappa shape index (κ3) is 8.86. The first kappa shape index (κ1) is 10.9. The van der Waals surface area contributed by atoms with Gasteiger partial charge in [0.15, 0.2) is 0 Å². The molecule has 0 spiro atoms. The van der Waals surface area contributed by atoms with E-state index in [9.17, 15) is 9.59 Å². The minimum absolute atomic E-state index is 0.368. The first-order valence-corrected chi connectivity index (χ1v) is 3.43. The molecule has 0 unspecified atom stereocenters. The fraction of sp³-hybridized carbons (Fsp3) is 0.667. The van der Waals surface area contributed by atoms with Crippen LogP contribution in [0.4, 0.5) is 0 Å². The number of hydrogen-bond acceptors (Lipinski definition) is 6. The number of carbonyl (C=O) groups is 2. The van der Waals surface area contributed by atoms with Gasteiger partial charge < -0.3 is 9.68 Å². The summed E-state index contributed by atoms with van der Waals surface area (Å²) in [5, 5.41) is 0. The van der Waals surface area contributed by atoms with Gasteiger partial charge >= 0.3 is 11.9 Å². The van der Waals surface area contributed by atoms with E-state index < -0.39 is 11.9 Å². The number of carbonyl (C=O) groups excluding carboxylic acids is 2. The van der Waals surface area contributed by atoms with Gasteiger partial charge in [0.25, 0.3) is 0 Å². The number of nitrogens with one attached hydrogen (secondary N) is 2. The zero-order valence-corrected chi connectivity index (χ0v) is 7.05. The van der Waals surface area contributed by atoms with E-state index in [1.807, 2.05) is 0 Å². The van der Waals surface area contributed by atoms with Crippen molar-refractivity contribution in [3.05, 3.63) is 0 Å². The van der Waals surface area contributed by atoms with E-state index in [4.69, 9.17) is 0 Å². The topological polar surface area (TPSA) is 76.7 Å². The smallest absolute Gasteiger partial charge is 0.321 e. The van der Waals surface area contributed by atoms with Gasteiger partial charge in [-0.05, 0) is 0 Å². The predicted octanol–water partition coefficient (Wildman–Crippen LogP) is -0.878. The van der Waals surface area contributed by atoms with Crippen LogP contribution in [0.5, 0.6) is 0 Å². The quantitative estimate of drug-likeness (QED) is 0.418. The molecule has 0 fully saturated rings. The Hall–Kier alpha value is -1.14. The van der Waals surface area contributed by atoms with Crippen molar-refractivity contribution >= 4 is 11.9 Å². The van der Waals surface area contributed by atoms with Gasteiger partial charge in [-0.25, -0.2) is 0 Å². The summed E-state index contributed by atoms with van der Waals surface area (Å²) in [6.45, 7) is 3.30. The van der Waals surface area contributed by atoms with E-state index in [0.29, 0.717) is 13.1 Å². The fourth-order valence-corrected chi connectivity index (χ4v) is 0.407. The SMILES string of the molecule is CC(=O)ONCCNOC(C)=O. The Morgan fingerprint density at radius 2 is 1.33 bits per heavy atom. The second-order valence-electron chi connectivity index (χ2n) is 1.98. The van der Waals surface area contributed by atoms with E-state index in [-0.39, 0.29) is 0 Å². The molecule has 0 aliphatic rings. The summed E-state index contributed by atoms with van der Waals surface area (Å²) < 4.78 is 0. The summed E-state index contributed by atoms with van der Waals surface area (Å²) in [5.41, 5.74) is 4.71. The summed E-state index contributed by atoms with van der Waals surface area (Å²) in [7, 11) is 0. The molecule has 6 nitrogen and oxygen atoms in total. The highest BCUT2D eigenvalue weighted by molar-refractivity contribution is 5.65. The molecule has 0 amide bonds. The maximum atomic E-state index is 10.2. The molecule has 12 heavy (non-hydrogen) atoms. The van der Waals surface area contributed by atoms with Gasteiger partial charge in [-0.15, -0.1) is 0 Å². The van der Waals surface area contributed by atoms with E-state index >= 15 is 0 Å². The molecule has 0 aliphatic heterocycles. The standard InChI is InChI=1S/C6H12N2O4/c1-5(9)11-7-3-4-8-12-6(2)10/h7-8H,3-4H2,1-2H3. The van der Waals surface area contributed by atoms with E-state index in [2.05, 4.69) is 20.6 Å². The first-order valence-electron chi connectivity index (χ1n) is 3.43. The Morgan fingerprint density at radius 1 is 1.00 bits per heavy atom. The molecule has 0 aromatic heterocycles. The monoisotopic (exact) mass is 176 g/mol. The zero-order chi connectivity index (χ0) is 9.40. The lowest BCUT2D eigenvalue weighted by atomic mass is 10.7. The van der Waals surface area contributed by atoms with Crippen LogP contribution in [0.15, 0.2) is 0 Å². The van der Waals surface area contributed by atoms with Crippen LogP contribution in [0.2, 0.25) is 0 Å². The van der Waals surface area contributed by atoms with E-state index in [0.717, 1.165) is 0 Å². The Kier molecular flexibility index (Phi) is 5.94. The van der Waals surface area contributed by atoms with Crippen LogP contribution in [0, 0.1) is 0 Å². The van der Waals surface area contributed by atoms with Crippen LogP contribution < -0.4 is 11.0 Å². The molecule has 0 heterocycles. The van der Waals surface area contributed by atoms with Gasteiger partial charge in [0.05, 0.1) is 0 Å². The minimum atomic E-state index is -0.414. The lowest BCUT2D eigenvalue weighted by Gasteiger charge is -2.04. The van der Waals surface area contributed by atoms with Gasteiger partial charge in [-0.2, -0.15) is 11.0 Å². The third-order valence-electron chi connectivity index (χ3n) is 0.761. The van der Waals surface area contributed by atoms with Crippen LogP contribution in [0.1, 0.15) is 13.8 Å². The van der Waals surface area contributed by atoms with E-state index in [1.54, 1.807) is 0 Å². The molecular weight excluding hydrogens is 164 g/mol. The lowest BCUT2D eigenvalue weighted by Crippen LogP contribution is -2.29. The molecule has 0 radical (unpaired) electrons. The van der Waals surface area contributed by atoms with Gasteiger partial charge in [0, 0.05) is 26.9 Å². The first-order chi connectivity index (χ1) is 5.63. The summed E-state index contributed by atoms with van der Waals surface area (Å²) in [5.74, 6) is -0.829. The van der Waals surface area contributed by atoms with Gasteiger partial charge in [0.1, 0.15) is 0 Å². The molecule has 0 aliphatic carbocycles. The molecule has 6 heteroatoms. The highest BCUT2D eigenvalue weighted by atomic mass is 16.7. The van der Waals surface area contributed by atoms with Crippen LogP contribution >= 0.6 is 0 Å². The maximum Gasteiger partial charge on any atom is 0.321 e. The zero-order valence-electron chi connectivity index (χ0n) is 7.05. The average molecular weight is 176 g/mol. The Balaban J connectivity index is 3.01. The fourth-order valence-electron chi connectivity index (χ4n) is 0.407. The van der Waals surface area contributed by atoms with E-state index in [1.165, 1.54) is 13.8 Å². The molecule has 0 aromatic carbocycles. The van der Waals surface area contributed by atoms with Gasteiger partial charge in [-0.1, -0.05) is 0 Å². The summed E-state index contributed by atoms with van der Waals surface area (Å²) in [4.78, 5) is 29.1. The van der Waals surface area contributed by atoms with Crippen LogP contribution in [-0.2, 0) is 19.3 Å². The predicted molar refractivity (Wildman–Crippen MR) is 39.5 cm³/mol. The highest BCUT2D eigenvalue weighted by Crippen LogP contribution is 1.69.